The van der Waals surface area contributed by atoms with Crippen molar-refractivity contribution in [2.75, 3.05) is 6.61 Å². The summed E-state index contributed by atoms with van der Waals surface area (Å²) in [6.07, 6.45) is 5.21. The SMILES string of the molecule is C=CCOCc1cc(CCC)ccc1CC. The third-order valence-corrected chi connectivity index (χ3v) is 2.68. The van der Waals surface area contributed by atoms with Gasteiger partial charge in [-0.15, -0.1) is 6.58 Å². The van der Waals surface area contributed by atoms with E-state index in [2.05, 4.69) is 38.6 Å². The third kappa shape index (κ3) is 3.82. The molecule has 0 aliphatic rings. The maximum atomic E-state index is 5.53. The van der Waals surface area contributed by atoms with Crippen LogP contribution in [0, 0.1) is 0 Å². The van der Waals surface area contributed by atoms with Crippen molar-refractivity contribution in [1.82, 2.24) is 0 Å². The van der Waals surface area contributed by atoms with Gasteiger partial charge in [-0.05, 0) is 29.5 Å². The van der Waals surface area contributed by atoms with Gasteiger partial charge in [0.1, 0.15) is 0 Å². The smallest absolute Gasteiger partial charge is 0.0723 e. The van der Waals surface area contributed by atoms with E-state index in [-0.39, 0.29) is 0 Å². The van der Waals surface area contributed by atoms with Crippen molar-refractivity contribution in [3.63, 3.8) is 0 Å². The summed E-state index contributed by atoms with van der Waals surface area (Å²) in [5, 5.41) is 0. The molecule has 1 nitrogen and oxygen atoms in total. The van der Waals surface area contributed by atoms with E-state index < -0.39 is 0 Å². The predicted octanol–water partition coefficient (Wildman–Crippen LogP) is 3.90. The van der Waals surface area contributed by atoms with E-state index in [4.69, 9.17) is 4.74 Å². The molecule has 0 heterocycles. The van der Waals surface area contributed by atoms with Gasteiger partial charge >= 0.3 is 0 Å². The van der Waals surface area contributed by atoms with Crippen LogP contribution >= 0.6 is 0 Å². The number of rotatable bonds is 7. The van der Waals surface area contributed by atoms with E-state index in [1.807, 2.05) is 0 Å². The molecule has 0 amide bonds. The minimum Gasteiger partial charge on any atom is -0.373 e. The fraction of sp³-hybridized carbons (Fsp3) is 0.467. The molecule has 0 radical (unpaired) electrons. The Morgan fingerprint density at radius 3 is 2.69 bits per heavy atom. The van der Waals surface area contributed by atoms with E-state index in [0.29, 0.717) is 13.2 Å². The summed E-state index contributed by atoms with van der Waals surface area (Å²) in [6.45, 7) is 9.38. The molecule has 0 saturated heterocycles. The van der Waals surface area contributed by atoms with E-state index >= 15 is 0 Å². The lowest BCUT2D eigenvalue weighted by molar-refractivity contribution is 0.148. The molecule has 1 heteroatoms. The lowest BCUT2D eigenvalue weighted by Gasteiger charge is -2.10. The Morgan fingerprint density at radius 2 is 2.06 bits per heavy atom. The molecule has 0 bridgehead atoms. The van der Waals surface area contributed by atoms with E-state index in [1.165, 1.54) is 23.1 Å². The van der Waals surface area contributed by atoms with Gasteiger partial charge in [0.15, 0.2) is 0 Å². The van der Waals surface area contributed by atoms with Crippen LogP contribution in [0.5, 0.6) is 0 Å². The Morgan fingerprint density at radius 1 is 1.25 bits per heavy atom. The number of hydrogen-bond acceptors (Lipinski definition) is 1. The molecule has 0 saturated carbocycles. The van der Waals surface area contributed by atoms with Crippen LogP contribution < -0.4 is 0 Å². The Labute approximate surface area is 99.1 Å². The van der Waals surface area contributed by atoms with Crippen LogP contribution in [0.4, 0.5) is 0 Å². The first-order chi connectivity index (χ1) is 7.81. The van der Waals surface area contributed by atoms with Crippen LogP contribution in [-0.4, -0.2) is 6.61 Å². The van der Waals surface area contributed by atoms with E-state index in [9.17, 15) is 0 Å². The summed E-state index contributed by atoms with van der Waals surface area (Å²) >= 11 is 0. The summed E-state index contributed by atoms with van der Waals surface area (Å²) in [4.78, 5) is 0. The van der Waals surface area contributed by atoms with E-state index in [0.717, 1.165) is 12.8 Å². The Balaban J connectivity index is 2.75. The summed E-state index contributed by atoms with van der Waals surface area (Å²) in [7, 11) is 0. The van der Waals surface area contributed by atoms with Crippen LogP contribution in [0.1, 0.15) is 37.0 Å². The van der Waals surface area contributed by atoms with Gasteiger partial charge in [-0.25, -0.2) is 0 Å². The first-order valence-corrected chi connectivity index (χ1v) is 6.11. The average Bonchev–Trinajstić information content (AvgIpc) is 2.30. The first kappa shape index (κ1) is 13.0. The zero-order valence-electron chi connectivity index (χ0n) is 10.5. The van der Waals surface area contributed by atoms with Crippen molar-refractivity contribution in [2.24, 2.45) is 0 Å². The normalized spacial score (nSPS) is 10.4. The van der Waals surface area contributed by atoms with Gasteiger partial charge in [0.25, 0.3) is 0 Å². The predicted molar refractivity (Wildman–Crippen MR) is 69.7 cm³/mol. The van der Waals surface area contributed by atoms with Gasteiger partial charge < -0.3 is 4.74 Å². The van der Waals surface area contributed by atoms with Crippen LogP contribution in [-0.2, 0) is 24.2 Å². The minimum absolute atomic E-state index is 0.626. The van der Waals surface area contributed by atoms with Gasteiger partial charge in [-0.3, -0.25) is 0 Å². The van der Waals surface area contributed by atoms with Crippen molar-refractivity contribution in [3.8, 4) is 0 Å². The van der Waals surface area contributed by atoms with Gasteiger partial charge in [0.2, 0.25) is 0 Å². The maximum absolute atomic E-state index is 5.53. The summed E-state index contributed by atoms with van der Waals surface area (Å²) < 4.78 is 5.53. The Kier molecular flexibility index (Phi) is 5.87. The number of ether oxygens (including phenoxy) is 1. The Bertz CT molecular complexity index is 328. The first-order valence-electron chi connectivity index (χ1n) is 6.11. The van der Waals surface area contributed by atoms with Crippen molar-refractivity contribution in [2.45, 2.75) is 39.7 Å². The molecule has 0 atom stereocenters. The molecule has 88 valence electrons. The molecule has 0 fully saturated rings. The minimum atomic E-state index is 0.626. The lowest BCUT2D eigenvalue weighted by Crippen LogP contribution is -1.99. The highest BCUT2D eigenvalue weighted by Crippen LogP contribution is 2.15. The summed E-state index contributed by atoms with van der Waals surface area (Å²) in [5.74, 6) is 0. The second-order valence-corrected chi connectivity index (χ2v) is 4.01. The third-order valence-electron chi connectivity index (χ3n) is 2.68. The molecule has 1 rings (SSSR count). The van der Waals surface area contributed by atoms with Gasteiger partial charge in [0, 0.05) is 0 Å². The molecule has 0 aromatic heterocycles. The fourth-order valence-corrected chi connectivity index (χ4v) is 1.85. The average molecular weight is 218 g/mol. The largest absolute Gasteiger partial charge is 0.373 e. The zero-order valence-corrected chi connectivity index (χ0v) is 10.5. The number of benzene rings is 1. The van der Waals surface area contributed by atoms with Crippen molar-refractivity contribution in [1.29, 1.82) is 0 Å². The van der Waals surface area contributed by atoms with Crippen LogP contribution in [0.25, 0.3) is 0 Å². The molecule has 16 heavy (non-hydrogen) atoms. The molecule has 0 unspecified atom stereocenters. The molecule has 0 N–H and O–H groups in total. The standard InChI is InChI=1S/C15H22O/c1-4-7-13-8-9-14(6-3)15(11-13)12-16-10-5-2/h5,8-9,11H,2,4,6-7,10,12H2,1,3H3. The highest BCUT2D eigenvalue weighted by molar-refractivity contribution is 5.31. The molecule has 0 aliphatic carbocycles. The maximum Gasteiger partial charge on any atom is 0.0723 e. The van der Waals surface area contributed by atoms with Crippen LogP contribution in [0.2, 0.25) is 0 Å². The molecule has 0 aliphatic heterocycles. The zero-order chi connectivity index (χ0) is 11.8. The van der Waals surface area contributed by atoms with Crippen molar-refractivity contribution in [3.05, 3.63) is 47.5 Å². The Hall–Kier alpha value is -1.08. The second-order valence-electron chi connectivity index (χ2n) is 4.01. The number of hydrogen-bond donors (Lipinski definition) is 0. The topological polar surface area (TPSA) is 9.23 Å². The second kappa shape index (κ2) is 7.24. The van der Waals surface area contributed by atoms with Gasteiger partial charge in [-0.1, -0.05) is 44.5 Å². The fourth-order valence-electron chi connectivity index (χ4n) is 1.85. The highest BCUT2D eigenvalue weighted by Gasteiger charge is 2.02. The van der Waals surface area contributed by atoms with Crippen LogP contribution in [0.3, 0.4) is 0 Å². The monoisotopic (exact) mass is 218 g/mol. The summed E-state index contributed by atoms with van der Waals surface area (Å²) in [5.41, 5.74) is 4.14. The van der Waals surface area contributed by atoms with Gasteiger partial charge in [0.05, 0.1) is 13.2 Å². The van der Waals surface area contributed by atoms with Crippen LogP contribution in [0.15, 0.2) is 30.9 Å². The molecular formula is C15H22O. The number of aryl methyl sites for hydroxylation is 2. The quantitative estimate of drug-likeness (QED) is 0.498. The molecule has 0 spiro atoms. The van der Waals surface area contributed by atoms with E-state index in [1.54, 1.807) is 6.08 Å². The van der Waals surface area contributed by atoms with Crippen molar-refractivity contribution < 1.29 is 4.74 Å². The highest BCUT2D eigenvalue weighted by atomic mass is 16.5. The molecule has 1 aromatic carbocycles. The van der Waals surface area contributed by atoms with Crippen molar-refractivity contribution >= 4 is 0 Å². The summed E-state index contributed by atoms with van der Waals surface area (Å²) in [6, 6.07) is 6.75. The lowest BCUT2D eigenvalue weighted by atomic mass is 10.0. The molecular weight excluding hydrogens is 196 g/mol. The molecule has 1 aromatic rings. The van der Waals surface area contributed by atoms with Gasteiger partial charge in [-0.2, -0.15) is 0 Å².